The van der Waals surface area contributed by atoms with Crippen molar-refractivity contribution in [2.75, 3.05) is 12.4 Å². The van der Waals surface area contributed by atoms with Crippen LogP contribution >= 0.6 is 0 Å². The van der Waals surface area contributed by atoms with E-state index in [2.05, 4.69) is 20.3 Å². The van der Waals surface area contributed by atoms with Gasteiger partial charge in [-0.3, -0.25) is 0 Å². The largest absolute Gasteiger partial charge is 0.497 e. The number of nitrogens with zero attached hydrogens (tertiary/aromatic N) is 2. The third-order valence-electron chi connectivity index (χ3n) is 3.45. The van der Waals surface area contributed by atoms with E-state index in [1.807, 2.05) is 54.6 Å². The Morgan fingerprint density at radius 2 is 2.04 bits per heavy atom. The minimum absolute atomic E-state index is 0.320. The average molecular weight is 321 g/mol. The molecular formula is C18H19N5O. The summed E-state index contributed by atoms with van der Waals surface area (Å²) in [6, 6.07) is 17.5. The highest BCUT2D eigenvalue weighted by atomic mass is 16.5. The van der Waals surface area contributed by atoms with E-state index in [9.17, 15) is 0 Å². The van der Waals surface area contributed by atoms with E-state index in [0.29, 0.717) is 12.5 Å². The van der Waals surface area contributed by atoms with Gasteiger partial charge in [-0.1, -0.05) is 36.4 Å². The summed E-state index contributed by atoms with van der Waals surface area (Å²) < 4.78 is 5.17. The van der Waals surface area contributed by atoms with Gasteiger partial charge in [0, 0.05) is 11.8 Å². The average Bonchev–Trinajstić information content (AvgIpc) is 3.10. The van der Waals surface area contributed by atoms with Crippen LogP contribution in [0, 0.1) is 0 Å². The number of H-pyrrole nitrogens is 1. The Balaban J connectivity index is 1.64. The van der Waals surface area contributed by atoms with Crippen LogP contribution in [0.15, 0.2) is 65.8 Å². The fourth-order valence-corrected chi connectivity index (χ4v) is 2.26. The lowest BCUT2D eigenvalue weighted by Crippen LogP contribution is -2.22. The van der Waals surface area contributed by atoms with E-state index in [-0.39, 0.29) is 0 Å². The van der Waals surface area contributed by atoms with E-state index in [4.69, 9.17) is 10.5 Å². The number of ether oxygens (including phenoxy) is 1. The van der Waals surface area contributed by atoms with Crippen molar-refractivity contribution >= 4 is 11.6 Å². The Morgan fingerprint density at radius 1 is 1.21 bits per heavy atom. The Morgan fingerprint density at radius 3 is 2.83 bits per heavy atom. The quantitative estimate of drug-likeness (QED) is 0.498. The van der Waals surface area contributed by atoms with Crippen molar-refractivity contribution in [3.8, 4) is 17.0 Å². The molecule has 1 heterocycles. The van der Waals surface area contributed by atoms with Crippen LogP contribution in [0.1, 0.15) is 5.82 Å². The van der Waals surface area contributed by atoms with Gasteiger partial charge in [0.15, 0.2) is 5.96 Å². The molecule has 3 aromatic rings. The fourth-order valence-electron chi connectivity index (χ4n) is 2.26. The first-order chi connectivity index (χ1) is 11.7. The molecule has 4 N–H and O–H groups in total. The van der Waals surface area contributed by atoms with Crippen LogP contribution in [0.3, 0.4) is 0 Å². The first-order valence-corrected chi connectivity index (χ1v) is 7.55. The highest BCUT2D eigenvalue weighted by Crippen LogP contribution is 2.17. The van der Waals surface area contributed by atoms with Crippen molar-refractivity contribution < 1.29 is 4.74 Å². The summed E-state index contributed by atoms with van der Waals surface area (Å²) in [7, 11) is 1.62. The van der Waals surface area contributed by atoms with Gasteiger partial charge in [0.1, 0.15) is 18.1 Å². The van der Waals surface area contributed by atoms with E-state index in [1.165, 1.54) is 0 Å². The number of anilines is 1. The lowest BCUT2D eigenvalue weighted by atomic mass is 10.2. The van der Waals surface area contributed by atoms with Crippen molar-refractivity contribution in [1.29, 1.82) is 0 Å². The van der Waals surface area contributed by atoms with E-state index in [1.54, 1.807) is 13.3 Å². The number of guanidine groups is 1. The summed E-state index contributed by atoms with van der Waals surface area (Å²) in [6.45, 7) is 0.371. The predicted molar refractivity (Wildman–Crippen MR) is 96.0 cm³/mol. The van der Waals surface area contributed by atoms with Crippen LogP contribution < -0.4 is 15.8 Å². The summed E-state index contributed by atoms with van der Waals surface area (Å²) in [5.74, 6) is 1.83. The van der Waals surface area contributed by atoms with Gasteiger partial charge in [0.05, 0.1) is 19.0 Å². The molecule has 1 aromatic heterocycles. The number of imidazole rings is 1. The van der Waals surface area contributed by atoms with Crippen LogP contribution in [0.2, 0.25) is 0 Å². The molecule has 6 nitrogen and oxygen atoms in total. The maximum absolute atomic E-state index is 5.92. The number of benzene rings is 2. The van der Waals surface area contributed by atoms with Gasteiger partial charge >= 0.3 is 0 Å². The zero-order valence-corrected chi connectivity index (χ0v) is 13.4. The van der Waals surface area contributed by atoms with E-state index in [0.717, 1.165) is 28.5 Å². The molecule has 0 unspecified atom stereocenters. The highest BCUT2D eigenvalue weighted by Gasteiger charge is 2.03. The van der Waals surface area contributed by atoms with Gasteiger partial charge in [0.2, 0.25) is 0 Å². The Hall–Kier alpha value is -3.28. The Labute approximate surface area is 140 Å². The molecule has 24 heavy (non-hydrogen) atoms. The number of rotatable bonds is 5. The predicted octanol–water partition coefficient (Wildman–Crippen LogP) is 3.01. The normalized spacial score (nSPS) is 11.3. The molecule has 6 heteroatoms. The molecule has 2 aromatic carbocycles. The smallest absolute Gasteiger partial charge is 0.193 e. The van der Waals surface area contributed by atoms with Crippen LogP contribution in [-0.4, -0.2) is 23.0 Å². The molecule has 0 fully saturated rings. The molecule has 0 saturated heterocycles. The van der Waals surface area contributed by atoms with Gasteiger partial charge in [-0.25, -0.2) is 9.98 Å². The number of aliphatic imine (C=N–C) groups is 1. The fraction of sp³-hybridized carbons (Fsp3) is 0.111. The standard InChI is InChI=1S/C18H19N5O/c1-24-15-9-5-8-14(10-15)22-18(19)21-12-17-20-11-16(23-17)13-6-3-2-4-7-13/h2-11H,12H2,1H3,(H,20,23)(H3,19,21,22). The Bertz CT molecular complexity index is 826. The Kier molecular flexibility index (Phi) is 4.76. The summed E-state index contributed by atoms with van der Waals surface area (Å²) >= 11 is 0. The summed E-state index contributed by atoms with van der Waals surface area (Å²) in [5.41, 5.74) is 8.78. The molecule has 3 rings (SSSR count). The molecule has 0 bridgehead atoms. The molecule has 0 spiro atoms. The van der Waals surface area contributed by atoms with Gasteiger partial charge < -0.3 is 20.8 Å². The second-order valence-electron chi connectivity index (χ2n) is 5.17. The maximum Gasteiger partial charge on any atom is 0.193 e. The molecule has 0 aliphatic heterocycles. The minimum atomic E-state index is 0.320. The molecule has 0 amide bonds. The van der Waals surface area contributed by atoms with Gasteiger partial charge in [-0.2, -0.15) is 0 Å². The molecule has 0 radical (unpaired) electrons. The minimum Gasteiger partial charge on any atom is -0.497 e. The number of aromatic amines is 1. The topological polar surface area (TPSA) is 88.3 Å². The van der Waals surface area contributed by atoms with Crippen LogP contribution in [0.25, 0.3) is 11.3 Å². The molecule has 0 aliphatic rings. The monoisotopic (exact) mass is 321 g/mol. The molecule has 0 saturated carbocycles. The SMILES string of the molecule is COc1cccc(NC(N)=NCc2ncc(-c3ccccc3)[nH]2)c1. The molecule has 0 atom stereocenters. The number of hydrogen-bond donors (Lipinski definition) is 3. The number of hydrogen-bond acceptors (Lipinski definition) is 3. The van der Waals surface area contributed by atoms with E-state index < -0.39 is 0 Å². The zero-order valence-electron chi connectivity index (χ0n) is 13.4. The first kappa shape index (κ1) is 15.6. The number of methoxy groups -OCH3 is 1. The molecule has 122 valence electrons. The third-order valence-corrected chi connectivity index (χ3v) is 3.45. The van der Waals surface area contributed by atoms with Gasteiger partial charge in [-0.15, -0.1) is 0 Å². The van der Waals surface area contributed by atoms with Gasteiger partial charge in [0.25, 0.3) is 0 Å². The molecule has 0 aliphatic carbocycles. The lowest BCUT2D eigenvalue weighted by Gasteiger charge is -2.07. The van der Waals surface area contributed by atoms with Crippen LogP contribution in [0.5, 0.6) is 5.75 Å². The van der Waals surface area contributed by atoms with Crippen molar-refractivity contribution in [3.63, 3.8) is 0 Å². The number of nitrogens with two attached hydrogens (primary N) is 1. The van der Waals surface area contributed by atoms with Crippen molar-refractivity contribution in [1.82, 2.24) is 9.97 Å². The molecular weight excluding hydrogens is 302 g/mol. The van der Waals surface area contributed by atoms with Crippen LogP contribution in [-0.2, 0) is 6.54 Å². The van der Waals surface area contributed by atoms with Gasteiger partial charge in [-0.05, 0) is 17.7 Å². The first-order valence-electron chi connectivity index (χ1n) is 7.55. The van der Waals surface area contributed by atoms with Crippen molar-refractivity contribution in [2.45, 2.75) is 6.54 Å². The lowest BCUT2D eigenvalue weighted by molar-refractivity contribution is 0.415. The summed E-state index contributed by atoms with van der Waals surface area (Å²) in [5, 5.41) is 3.03. The maximum atomic E-state index is 5.92. The second kappa shape index (κ2) is 7.32. The summed E-state index contributed by atoms with van der Waals surface area (Å²) in [6.07, 6.45) is 1.80. The van der Waals surface area contributed by atoms with Crippen LogP contribution in [0.4, 0.5) is 5.69 Å². The number of nitrogens with one attached hydrogen (secondary N) is 2. The third kappa shape index (κ3) is 3.92. The second-order valence-corrected chi connectivity index (χ2v) is 5.17. The summed E-state index contributed by atoms with van der Waals surface area (Å²) in [4.78, 5) is 11.9. The number of aromatic nitrogens is 2. The highest BCUT2D eigenvalue weighted by molar-refractivity contribution is 5.92. The van der Waals surface area contributed by atoms with E-state index >= 15 is 0 Å². The zero-order chi connectivity index (χ0) is 16.8. The van der Waals surface area contributed by atoms with Crippen molar-refractivity contribution in [2.24, 2.45) is 10.7 Å². The van der Waals surface area contributed by atoms with Crippen molar-refractivity contribution in [3.05, 3.63) is 66.6 Å².